The van der Waals surface area contributed by atoms with Gasteiger partial charge in [-0.25, -0.2) is 9.97 Å². The maximum absolute atomic E-state index is 11.0. The third-order valence-electron chi connectivity index (χ3n) is 2.00. The molecule has 0 bridgehead atoms. The fraction of sp³-hybridized carbons (Fsp3) is 0.375. The molecule has 0 aromatic carbocycles. The Hall–Kier alpha value is -1.94. The summed E-state index contributed by atoms with van der Waals surface area (Å²) in [5, 5.41) is 2.95. The van der Waals surface area contributed by atoms with E-state index >= 15 is 0 Å². The van der Waals surface area contributed by atoms with Crippen molar-refractivity contribution in [2.24, 2.45) is 5.11 Å². The van der Waals surface area contributed by atoms with Crippen LogP contribution < -0.4 is 0 Å². The minimum atomic E-state index is -0.644. The molecule has 6 heteroatoms. The average molecular weight is 189 g/mol. The lowest BCUT2D eigenvalue weighted by Crippen LogP contribution is -1.99. The number of carbonyl (C=O) groups excluding carboxylic acids is 1. The standard InChI is InChI=1S/C8H7N5O/c9-13-12-8(14)6-3-10-7(11-4-6)5-1-2-5/h3-5H,1-2H2. The third-order valence-corrected chi connectivity index (χ3v) is 2.00. The van der Waals surface area contributed by atoms with Crippen LogP contribution in [0, 0.1) is 0 Å². The highest BCUT2D eigenvalue weighted by Crippen LogP contribution is 2.37. The van der Waals surface area contributed by atoms with Gasteiger partial charge in [0, 0.05) is 23.2 Å². The molecule has 1 saturated carbocycles. The van der Waals surface area contributed by atoms with E-state index in [1.54, 1.807) is 0 Å². The summed E-state index contributed by atoms with van der Waals surface area (Å²) in [6.07, 6.45) is 5.03. The molecule has 0 radical (unpaired) electrons. The Balaban J connectivity index is 2.20. The molecule has 0 atom stereocenters. The predicted molar refractivity (Wildman–Crippen MR) is 47.5 cm³/mol. The first kappa shape index (κ1) is 8.65. The Kier molecular flexibility index (Phi) is 2.12. The van der Waals surface area contributed by atoms with E-state index in [0.29, 0.717) is 5.92 Å². The van der Waals surface area contributed by atoms with Crippen molar-refractivity contribution in [3.05, 3.63) is 34.2 Å². The third kappa shape index (κ3) is 1.70. The topological polar surface area (TPSA) is 91.6 Å². The van der Waals surface area contributed by atoms with Gasteiger partial charge in [0.2, 0.25) is 0 Å². The molecular formula is C8H7N5O. The Bertz CT molecular complexity index is 402. The van der Waals surface area contributed by atoms with E-state index < -0.39 is 5.91 Å². The van der Waals surface area contributed by atoms with Crippen LogP contribution in [0.5, 0.6) is 0 Å². The number of nitrogens with zero attached hydrogens (tertiary/aromatic N) is 5. The smallest absolute Gasteiger partial charge is 0.252 e. The fourth-order valence-electron chi connectivity index (χ4n) is 1.10. The normalized spacial score (nSPS) is 14.6. The summed E-state index contributed by atoms with van der Waals surface area (Å²) in [5.41, 5.74) is 8.28. The molecule has 6 nitrogen and oxygen atoms in total. The molecule has 1 heterocycles. The summed E-state index contributed by atoms with van der Waals surface area (Å²) in [6, 6.07) is 0. The number of hydrogen-bond acceptors (Lipinski definition) is 3. The Morgan fingerprint density at radius 3 is 2.64 bits per heavy atom. The highest BCUT2D eigenvalue weighted by Gasteiger charge is 2.26. The van der Waals surface area contributed by atoms with Crippen molar-refractivity contribution in [3.8, 4) is 0 Å². The van der Waals surface area contributed by atoms with E-state index in [-0.39, 0.29) is 5.56 Å². The summed E-state index contributed by atoms with van der Waals surface area (Å²) < 4.78 is 0. The van der Waals surface area contributed by atoms with E-state index in [0.717, 1.165) is 18.7 Å². The predicted octanol–water partition coefficient (Wildman–Crippen LogP) is 1.80. The van der Waals surface area contributed by atoms with E-state index in [1.165, 1.54) is 12.4 Å². The lowest BCUT2D eigenvalue weighted by Gasteiger charge is -1.96. The minimum Gasteiger partial charge on any atom is -0.287 e. The molecule has 1 aromatic heterocycles. The quantitative estimate of drug-likeness (QED) is 0.403. The van der Waals surface area contributed by atoms with Crippen molar-refractivity contribution >= 4 is 5.91 Å². The molecular weight excluding hydrogens is 182 g/mol. The largest absolute Gasteiger partial charge is 0.287 e. The maximum atomic E-state index is 11.0. The first-order valence-electron chi connectivity index (χ1n) is 4.22. The van der Waals surface area contributed by atoms with Crippen LogP contribution in [0.4, 0.5) is 0 Å². The lowest BCUT2D eigenvalue weighted by molar-refractivity contribution is 0.0999. The number of rotatable bonds is 2. The summed E-state index contributed by atoms with van der Waals surface area (Å²) in [7, 11) is 0. The summed E-state index contributed by atoms with van der Waals surface area (Å²) in [6.45, 7) is 0. The lowest BCUT2D eigenvalue weighted by atomic mass is 10.3. The van der Waals surface area contributed by atoms with E-state index in [2.05, 4.69) is 20.0 Å². The van der Waals surface area contributed by atoms with Crippen LogP contribution in [0.3, 0.4) is 0 Å². The van der Waals surface area contributed by atoms with Crippen LogP contribution in [-0.2, 0) is 0 Å². The number of amides is 1. The Morgan fingerprint density at radius 2 is 2.14 bits per heavy atom. The zero-order valence-electron chi connectivity index (χ0n) is 7.29. The van der Waals surface area contributed by atoms with Crippen LogP contribution in [-0.4, -0.2) is 15.9 Å². The van der Waals surface area contributed by atoms with Crippen molar-refractivity contribution < 1.29 is 4.79 Å². The molecule has 70 valence electrons. The van der Waals surface area contributed by atoms with Gasteiger partial charge in [-0.2, -0.15) is 0 Å². The van der Waals surface area contributed by atoms with E-state index in [4.69, 9.17) is 5.53 Å². The second-order valence-corrected chi connectivity index (χ2v) is 3.10. The molecule has 1 fully saturated rings. The summed E-state index contributed by atoms with van der Waals surface area (Å²) in [4.78, 5) is 21.5. The first-order chi connectivity index (χ1) is 6.81. The summed E-state index contributed by atoms with van der Waals surface area (Å²) >= 11 is 0. The fourth-order valence-corrected chi connectivity index (χ4v) is 1.10. The Labute approximate surface area is 79.6 Å². The van der Waals surface area contributed by atoms with Crippen molar-refractivity contribution in [3.63, 3.8) is 0 Å². The van der Waals surface area contributed by atoms with Crippen molar-refractivity contribution in [2.75, 3.05) is 0 Å². The van der Waals surface area contributed by atoms with Crippen LogP contribution >= 0.6 is 0 Å². The van der Waals surface area contributed by atoms with Gasteiger partial charge in [0.1, 0.15) is 5.82 Å². The zero-order chi connectivity index (χ0) is 9.97. The minimum absolute atomic E-state index is 0.229. The van der Waals surface area contributed by atoms with E-state index in [1.807, 2.05) is 0 Å². The molecule has 0 aliphatic heterocycles. The highest BCUT2D eigenvalue weighted by molar-refractivity contribution is 5.94. The van der Waals surface area contributed by atoms with Gasteiger partial charge in [-0.3, -0.25) is 4.79 Å². The SMILES string of the molecule is [N-]=[N+]=NC(=O)c1cnc(C2CC2)nc1. The second-order valence-electron chi connectivity index (χ2n) is 3.10. The molecule has 0 saturated heterocycles. The van der Waals surface area contributed by atoms with Crippen molar-refractivity contribution in [1.82, 2.24) is 9.97 Å². The molecule has 1 aliphatic carbocycles. The van der Waals surface area contributed by atoms with Crippen LogP contribution in [0.15, 0.2) is 17.5 Å². The molecule has 1 amide bonds. The van der Waals surface area contributed by atoms with Crippen LogP contribution in [0.2, 0.25) is 0 Å². The Morgan fingerprint density at radius 1 is 1.50 bits per heavy atom. The number of azide groups is 1. The van der Waals surface area contributed by atoms with Crippen molar-refractivity contribution in [2.45, 2.75) is 18.8 Å². The molecule has 1 aromatic rings. The molecule has 1 aliphatic rings. The van der Waals surface area contributed by atoms with Gasteiger partial charge in [0.15, 0.2) is 0 Å². The van der Waals surface area contributed by atoms with Gasteiger partial charge >= 0.3 is 0 Å². The van der Waals surface area contributed by atoms with Gasteiger partial charge in [0.25, 0.3) is 5.91 Å². The molecule has 0 unspecified atom stereocenters. The zero-order valence-corrected chi connectivity index (χ0v) is 7.29. The average Bonchev–Trinajstić information content (AvgIpc) is 3.02. The van der Waals surface area contributed by atoms with Gasteiger partial charge < -0.3 is 0 Å². The number of carbonyl (C=O) groups is 1. The van der Waals surface area contributed by atoms with Gasteiger partial charge in [-0.05, 0) is 23.5 Å². The molecule has 2 rings (SSSR count). The number of aromatic nitrogens is 2. The van der Waals surface area contributed by atoms with Gasteiger partial charge in [-0.15, -0.1) is 0 Å². The van der Waals surface area contributed by atoms with Crippen LogP contribution in [0.25, 0.3) is 10.4 Å². The van der Waals surface area contributed by atoms with Crippen molar-refractivity contribution in [1.29, 1.82) is 0 Å². The van der Waals surface area contributed by atoms with Gasteiger partial charge in [0.05, 0.1) is 5.56 Å². The molecule has 14 heavy (non-hydrogen) atoms. The molecule has 0 N–H and O–H groups in total. The van der Waals surface area contributed by atoms with E-state index in [9.17, 15) is 4.79 Å². The first-order valence-corrected chi connectivity index (χ1v) is 4.22. The summed E-state index contributed by atoms with van der Waals surface area (Å²) in [5.74, 6) is 0.580. The van der Waals surface area contributed by atoms with Gasteiger partial charge in [-0.1, -0.05) is 0 Å². The van der Waals surface area contributed by atoms with Crippen LogP contribution in [0.1, 0.15) is 34.9 Å². The number of hydrogen-bond donors (Lipinski definition) is 0. The molecule has 0 spiro atoms. The second kappa shape index (κ2) is 3.43. The monoisotopic (exact) mass is 189 g/mol. The highest BCUT2D eigenvalue weighted by atomic mass is 16.1. The maximum Gasteiger partial charge on any atom is 0.252 e.